The minimum atomic E-state index is -0.565. The molecule has 252 valence electrons. The fourth-order valence-electron chi connectivity index (χ4n) is 7.09. The van der Waals surface area contributed by atoms with Crippen molar-refractivity contribution < 1.29 is 19.1 Å². The molecule has 2 unspecified atom stereocenters. The third-order valence-corrected chi connectivity index (χ3v) is 11.3. The lowest BCUT2D eigenvalue weighted by molar-refractivity contribution is -0.136. The highest BCUT2D eigenvalue weighted by Crippen LogP contribution is 2.40. The number of amides is 2. The lowest BCUT2D eigenvalue weighted by Gasteiger charge is -2.36. The maximum atomic E-state index is 14.3. The van der Waals surface area contributed by atoms with E-state index in [9.17, 15) is 14.4 Å². The summed E-state index contributed by atoms with van der Waals surface area (Å²) in [5, 5.41) is 10.6. The highest BCUT2D eigenvalue weighted by atomic mass is 35.5. The van der Waals surface area contributed by atoms with Crippen LogP contribution in [0.25, 0.3) is 5.00 Å². The summed E-state index contributed by atoms with van der Waals surface area (Å²) in [6, 6.07) is 13.7. The van der Waals surface area contributed by atoms with Gasteiger partial charge < -0.3 is 14.5 Å². The second-order valence-electron chi connectivity index (χ2n) is 12.9. The highest BCUT2D eigenvalue weighted by Gasteiger charge is 2.40. The predicted octanol–water partition coefficient (Wildman–Crippen LogP) is 6.09. The van der Waals surface area contributed by atoms with Crippen molar-refractivity contribution in [2.75, 3.05) is 26.7 Å². The Labute approximate surface area is 294 Å². The SMILES string of the molecule is COc1ccc(C(=O)/C=C/C(=O)N2CC3CCC(C2)N(C(=O)C[C@@H]2N=C(c4ccc(Cl)cc4)c4c(sc(C)c4C)-n4c(C)nnc42)C3)cc1. The first kappa shape index (κ1) is 32.9. The van der Waals surface area contributed by atoms with Crippen molar-refractivity contribution in [3.8, 4) is 10.8 Å². The van der Waals surface area contributed by atoms with Gasteiger partial charge in [-0.3, -0.25) is 23.9 Å². The first-order valence-corrected chi connectivity index (χ1v) is 17.6. The largest absolute Gasteiger partial charge is 0.497 e. The van der Waals surface area contributed by atoms with E-state index in [1.165, 1.54) is 17.0 Å². The van der Waals surface area contributed by atoms with Crippen LogP contribution in [0, 0.1) is 26.7 Å². The van der Waals surface area contributed by atoms with Gasteiger partial charge in [-0.15, -0.1) is 21.5 Å². The molecule has 0 aliphatic carbocycles. The number of piperidine rings is 1. The molecule has 3 atom stereocenters. The van der Waals surface area contributed by atoms with Gasteiger partial charge in [-0.05, 0) is 87.6 Å². The summed E-state index contributed by atoms with van der Waals surface area (Å²) in [5.74, 6) is 1.67. The molecule has 2 aromatic carbocycles. The second kappa shape index (κ2) is 13.4. The van der Waals surface area contributed by atoms with Crippen molar-refractivity contribution in [2.45, 2.75) is 52.1 Å². The van der Waals surface area contributed by atoms with E-state index in [-0.39, 0.29) is 36.0 Å². The van der Waals surface area contributed by atoms with Crippen molar-refractivity contribution in [3.63, 3.8) is 0 Å². The Morgan fingerprint density at radius 1 is 0.959 bits per heavy atom. The van der Waals surface area contributed by atoms with Gasteiger partial charge in [0, 0.05) is 58.3 Å². The summed E-state index contributed by atoms with van der Waals surface area (Å²) in [7, 11) is 1.57. The van der Waals surface area contributed by atoms with Gasteiger partial charge >= 0.3 is 0 Å². The molecule has 2 bridgehead atoms. The van der Waals surface area contributed by atoms with Crippen LogP contribution in [-0.4, -0.2) is 80.7 Å². The average Bonchev–Trinajstić information content (AvgIpc) is 3.39. The molecular formula is C37H37ClN6O4S. The van der Waals surface area contributed by atoms with Gasteiger partial charge in [0.15, 0.2) is 11.6 Å². The number of allylic oxidation sites excluding steroid dienone is 1. The number of carbonyl (C=O) groups excluding carboxylic acids is 3. The molecule has 0 saturated carbocycles. The monoisotopic (exact) mass is 696 g/mol. The van der Waals surface area contributed by atoms with Crippen LogP contribution in [-0.2, 0) is 9.59 Å². The van der Waals surface area contributed by atoms with Gasteiger partial charge in [0.1, 0.15) is 22.6 Å². The van der Waals surface area contributed by atoms with Crippen LogP contribution in [0.15, 0.2) is 65.7 Å². The molecule has 49 heavy (non-hydrogen) atoms. The zero-order chi connectivity index (χ0) is 34.4. The molecule has 0 spiro atoms. The van der Waals surface area contributed by atoms with Crippen molar-refractivity contribution in [1.29, 1.82) is 0 Å². The van der Waals surface area contributed by atoms with Crippen molar-refractivity contribution >= 4 is 46.2 Å². The van der Waals surface area contributed by atoms with Crippen LogP contribution in [0.5, 0.6) is 5.75 Å². The van der Waals surface area contributed by atoms with Crippen LogP contribution in [0.4, 0.5) is 0 Å². The number of rotatable bonds is 7. The maximum Gasteiger partial charge on any atom is 0.246 e. The molecule has 0 N–H and O–H groups in total. The van der Waals surface area contributed by atoms with Gasteiger partial charge in [0.2, 0.25) is 11.8 Å². The summed E-state index contributed by atoms with van der Waals surface area (Å²) in [5.41, 5.74) is 4.35. The van der Waals surface area contributed by atoms with Crippen molar-refractivity contribution in [3.05, 3.63) is 104 Å². The van der Waals surface area contributed by atoms with E-state index in [1.807, 2.05) is 36.1 Å². The van der Waals surface area contributed by atoms with Crippen LogP contribution < -0.4 is 4.74 Å². The number of hydrogen-bond acceptors (Lipinski definition) is 8. The highest BCUT2D eigenvalue weighted by molar-refractivity contribution is 7.15. The van der Waals surface area contributed by atoms with E-state index in [2.05, 4.69) is 28.6 Å². The number of ether oxygens (including phenoxy) is 1. The molecular weight excluding hydrogens is 660 g/mol. The molecule has 10 nitrogen and oxygen atoms in total. The minimum absolute atomic E-state index is 0.0243. The number of halogens is 1. The summed E-state index contributed by atoms with van der Waals surface area (Å²) in [6.07, 6.45) is 4.53. The standard InChI is InChI=1S/C37H37ClN6O4S/c1-21-22(2)49-37-34(21)35(26-6-10-27(38)11-7-26)39-30(36-41-40-23(3)44(36)37)17-33(47)43-19-24-5-12-28(43)20-42(18-24)32(46)16-15-31(45)25-8-13-29(48-4)14-9-25/h6-11,13-16,24,28,30H,5,12,17-20H2,1-4H3/b16-15+/t24?,28?,30-/m0/s1. The summed E-state index contributed by atoms with van der Waals surface area (Å²) < 4.78 is 7.22. The van der Waals surface area contributed by atoms with Gasteiger partial charge in [-0.2, -0.15) is 0 Å². The molecule has 4 aromatic rings. The van der Waals surface area contributed by atoms with Gasteiger partial charge in [-0.25, -0.2) is 0 Å². The van der Waals surface area contributed by atoms with E-state index in [0.717, 1.165) is 46.1 Å². The van der Waals surface area contributed by atoms with Crippen molar-refractivity contribution in [2.24, 2.45) is 10.9 Å². The number of aromatic nitrogens is 3. The third kappa shape index (κ3) is 6.33. The van der Waals surface area contributed by atoms with E-state index in [4.69, 9.17) is 21.3 Å². The molecule has 2 aromatic heterocycles. The minimum Gasteiger partial charge on any atom is -0.497 e. The molecule has 8 rings (SSSR count). The maximum absolute atomic E-state index is 14.3. The van der Waals surface area contributed by atoms with Crippen LogP contribution >= 0.6 is 22.9 Å². The van der Waals surface area contributed by atoms with E-state index >= 15 is 0 Å². The molecule has 3 saturated heterocycles. The molecule has 0 radical (unpaired) electrons. The quantitative estimate of drug-likeness (QED) is 0.171. The van der Waals surface area contributed by atoms with E-state index < -0.39 is 6.04 Å². The fourth-order valence-corrected chi connectivity index (χ4v) is 8.43. The smallest absolute Gasteiger partial charge is 0.246 e. The Kier molecular flexibility index (Phi) is 8.97. The Morgan fingerprint density at radius 2 is 1.71 bits per heavy atom. The lowest BCUT2D eigenvalue weighted by atomic mass is 9.94. The number of hydrogen-bond donors (Lipinski definition) is 0. The lowest BCUT2D eigenvalue weighted by Crippen LogP contribution is -2.48. The van der Waals surface area contributed by atoms with Crippen LogP contribution in [0.1, 0.15) is 68.9 Å². The Balaban J connectivity index is 1.13. The second-order valence-corrected chi connectivity index (χ2v) is 14.6. The van der Waals surface area contributed by atoms with E-state index in [0.29, 0.717) is 41.8 Å². The zero-order valence-electron chi connectivity index (χ0n) is 27.9. The number of benzene rings is 2. The number of aliphatic imine (C=N–C) groups is 1. The Bertz CT molecular complexity index is 2000. The molecule has 6 heterocycles. The first-order chi connectivity index (χ1) is 23.6. The number of ketones is 1. The van der Waals surface area contributed by atoms with Gasteiger partial charge in [-0.1, -0.05) is 23.7 Å². The van der Waals surface area contributed by atoms with E-state index in [1.54, 1.807) is 47.6 Å². The van der Waals surface area contributed by atoms with Crippen LogP contribution in [0.2, 0.25) is 5.02 Å². The first-order valence-electron chi connectivity index (χ1n) is 16.4. The number of methoxy groups -OCH3 is 1. The fraction of sp³-hybridized carbons (Fsp3) is 0.351. The molecule has 4 aliphatic heterocycles. The van der Waals surface area contributed by atoms with Gasteiger partial charge in [0.05, 0.1) is 19.2 Å². The average molecular weight is 697 g/mol. The summed E-state index contributed by atoms with van der Waals surface area (Å²) in [6.45, 7) is 7.65. The summed E-state index contributed by atoms with van der Waals surface area (Å²) in [4.78, 5) is 50.5. The molecule has 3 fully saturated rings. The number of carbonyl (C=O) groups is 3. The number of aryl methyl sites for hydroxylation is 2. The van der Waals surface area contributed by atoms with Gasteiger partial charge in [0.25, 0.3) is 0 Å². The zero-order valence-corrected chi connectivity index (χ0v) is 29.4. The predicted molar refractivity (Wildman–Crippen MR) is 189 cm³/mol. The third-order valence-electron chi connectivity index (χ3n) is 9.82. The topological polar surface area (TPSA) is 110 Å². The molecule has 2 amide bonds. The van der Waals surface area contributed by atoms with Crippen molar-refractivity contribution in [1.82, 2.24) is 24.6 Å². The summed E-state index contributed by atoms with van der Waals surface area (Å²) >= 11 is 7.94. The number of thiophene rings is 1. The molecule has 4 aliphatic rings. The Hall–Kier alpha value is -4.61. The normalized spacial score (nSPS) is 20.0. The molecule has 12 heteroatoms. The number of fused-ring (bicyclic) bond motifs is 7. The Morgan fingerprint density at radius 3 is 2.45 bits per heavy atom. The van der Waals surface area contributed by atoms with Crippen LogP contribution in [0.3, 0.4) is 0 Å². The number of nitrogens with zero attached hydrogens (tertiary/aromatic N) is 6.